The van der Waals surface area contributed by atoms with Crippen LogP contribution >= 0.6 is 0 Å². The van der Waals surface area contributed by atoms with E-state index in [1.807, 2.05) is 38.1 Å². The summed E-state index contributed by atoms with van der Waals surface area (Å²) in [4.78, 5) is 23.9. The standard InChI is InChI=1S/C19H22O5/c1-19(2)13(8-9-16(20)22-3)17(19)18(21)24-15-10-11-23-14-7-5-4-6-12(14)15/h4-9,13,15,17H,10-11H2,1-3H3/t13-,15+,17-/m0/s1. The van der Waals surface area contributed by atoms with Crippen LogP contribution < -0.4 is 4.74 Å². The fraction of sp³-hybridized carbons (Fsp3) is 0.474. The van der Waals surface area contributed by atoms with Gasteiger partial charge in [0.15, 0.2) is 0 Å². The number of benzene rings is 1. The number of ether oxygens (including phenoxy) is 3. The molecule has 1 fully saturated rings. The number of methoxy groups -OCH3 is 1. The lowest BCUT2D eigenvalue weighted by molar-refractivity contribution is -0.153. The zero-order chi connectivity index (χ0) is 17.3. The average molecular weight is 330 g/mol. The molecule has 1 heterocycles. The summed E-state index contributed by atoms with van der Waals surface area (Å²) in [5.74, 6) is -0.115. The van der Waals surface area contributed by atoms with Gasteiger partial charge in [-0.25, -0.2) is 4.79 Å². The maximum absolute atomic E-state index is 12.6. The smallest absolute Gasteiger partial charge is 0.330 e. The molecule has 0 unspecified atom stereocenters. The van der Waals surface area contributed by atoms with Crippen LogP contribution in [0.1, 0.15) is 31.9 Å². The van der Waals surface area contributed by atoms with Gasteiger partial charge in [-0.2, -0.15) is 0 Å². The zero-order valence-corrected chi connectivity index (χ0v) is 14.2. The normalized spacial score (nSPS) is 27.0. The summed E-state index contributed by atoms with van der Waals surface area (Å²) in [6.07, 6.45) is 3.50. The lowest BCUT2D eigenvalue weighted by Crippen LogP contribution is -2.21. The predicted octanol–water partition coefficient (Wildman–Crippen LogP) is 3.05. The Hall–Kier alpha value is -2.30. The van der Waals surface area contributed by atoms with Crippen LogP contribution in [0, 0.1) is 17.3 Å². The van der Waals surface area contributed by atoms with Gasteiger partial charge in [0.05, 0.1) is 19.6 Å². The van der Waals surface area contributed by atoms with Gasteiger partial charge < -0.3 is 14.2 Å². The Balaban J connectivity index is 1.68. The van der Waals surface area contributed by atoms with E-state index in [0.717, 1.165) is 11.3 Å². The number of carbonyl (C=O) groups is 2. The number of rotatable bonds is 4. The molecule has 0 amide bonds. The number of carbonyl (C=O) groups excluding carboxylic acids is 2. The van der Waals surface area contributed by atoms with Crippen LogP contribution in [0.2, 0.25) is 0 Å². The molecule has 1 aliphatic heterocycles. The molecular formula is C19H22O5. The molecule has 3 atom stereocenters. The van der Waals surface area contributed by atoms with Crippen LogP contribution in [-0.2, 0) is 19.1 Å². The van der Waals surface area contributed by atoms with Crippen LogP contribution in [0.4, 0.5) is 0 Å². The van der Waals surface area contributed by atoms with Crippen LogP contribution in [0.25, 0.3) is 0 Å². The highest BCUT2D eigenvalue weighted by atomic mass is 16.6. The van der Waals surface area contributed by atoms with Crippen LogP contribution in [0.15, 0.2) is 36.4 Å². The topological polar surface area (TPSA) is 61.8 Å². The molecule has 0 saturated heterocycles. The first-order chi connectivity index (χ1) is 11.4. The fourth-order valence-electron chi connectivity index (χ4n) is 3.38. The maximum atomic E-state index is 12.6. The Kier molecular flexibility index (Phi) is 4.35. The number of hydrogen-bond acceptors (Lipinski definition) is 5. The minimum Gasteiger partial charge on any atom is -0.493 e. The summed E-state index contributed by atoms with van der Waals surface area (Å²) in [5.41, 5.74) is 0.698. The molecule has 0 spiro atoms. The summed E-state index contributed by atoms with van der Waals surface area (Å²) in [6, 6.07) is 7.63. The Morgan fingerprint density at radius 1 is 1.29 bits per heavy atom. The molecule has 0 bridgehead atoms. The van der Waals surface area contributed by atoms with E-state index in [1.54, 1.807) is 6.08 Å². The molecule has 5 nitrogen and oxygen atoms in total. The first-order valence-corrected chi connectivity index (χ1v) is 8.13. The number of fused-ring (bicyclic) bond motifs is 1. The Morgan fingerprint density at radius 2 is 2.04 bits per heavy atom. The van der Waals surface area contributed by atoms with Gasteiger partial charge >= 0.3 is 11.9 Å². The Bertz CT molecular complexity index is 676. The third-order valence-corrected chi connectivity index (χ3v) is 4.97. The lowest BCUT2D eigenvalue weighted by atomic mass is 10.0. The third kappa shape index (κ3) is 3.03. The van der Waals surface area contributed by atoms with E-state index < -0.39 is 5.97 Å². The molecule has 0 radical (unpaired) electrons. The van der Waals surface area contributed by atoms with Gasteiger partial charge in [-0.1, -0.05) is 38.1 Å². The minimum atomic E-state index is -0.414. The van der Waals surface area contributed by atoms with E-state index in [1.165, 1.54) is 13.2 Å². The van der Waals surface area contributed by atoms with E-state index >= 15 is 0 Å². The molecule has 1 aliphatic carbocycles. The summed E-state index contributed by atoms with van der Waals surface area (Å²) in [5, 5.41) is 0. The quantitative estimate of drug-likeness (QED) is 0.627. The van der Waals surface area contributed by atoms with Gasteiger partial charge in [-0.15, -0.1) is 0 Å². The SMILES string of the molecule is COC(=O)C=C[C@H]1[C@@H](C(=O)O[C@@H]2CCOc3ccccc32)C1(C)C. The Morgan fingerprint density at radius 3 is 2.79 bits per heavy atom. The highest BCUT2D eigenvalue weighted by Crippen LogP contribution is 2.60. The first kappa shape index (κ1) is 16.6. The molecule has 3 rings (SSSR count). The minimum absolute atomic E-state index is 0.0146. The van der Waals surface area contributed by atoms with E-state index in [-0.39, 0.29) is 29.3 Å². The molecule has 2 aliphatic rings. The molecule has 24 heavy (non-hydrogen) atoms. The molecule has 5 heteroatoms. The van der Waals surface area contributed by atoms with Gasteiger partial charge in [-0.3, -0.25) is 4.79 Å². The van der Waals surface area contributed by atoms with Crippen molar-refractivity contribution in [2.24, 2.45) is 17.3 Å². The fourth-order valence-corrected chi connectivity index (χ4v) is 3.38. The van der Waals surface area contributed by atoms with Crippen LogP contribution in [0.5, 0.6) is 5.75 Å². The van der Waals surface area contributed by atoms with Crippen molar-refractivity contribution in [3.05, 3.63) is 42.0 Å². The van der Waals surface area contributed by atoms with E-state index in [9.17, 15) is 9.59 Å². The maximum Gasteiger partial charge on any atom is 0.330 e. The van der Waals surface area contributed by atoms with Gasteiger partial charge in [0.2, 0.25) is 0 Å². The van der Waals surface area contributed by atoms with E-state index in [0.29, 0.717) is 13.0 Å². The lowest BCUT2D eigenvalue weighted by Gasteiger charge is -2.25. The van der Waals surface area contributed by atoms with Gasteiger partial charge in [-0.05, 0) is 17.4 Å². The van der Waals surface area contributed by atoms with Crippen LogP contribution in [0.3, 0.4) is 0 Å². The van der Waals surface area contributed by atoms with Gasteiger partial charge in [0.1, 0.15) is 11.9 Å². The summed E-state index contributed by atoms with van der Waals surface area (Å²) in [6.45, 7) is 4.54. The average Bonchev–Trinajstić information content (AvgIpc) is 3.14. The molecule has 0 N–H and O–H groups in total. The van der Waals surface area contributed by atoms with Crippen LogP contribution in [-0.4, -0.2) is 25.7 Å². The summed E-state index contributed by atoms with van der Waals surface area (Å²) in [7, 11) is 1.33. The van der Waals surface area contributed by atoms with Crippen molar-refractivity contribution in [3.63, 3.8) is 0 Å². The summed E-state index contributed by atoms with van der Waals surface area (Å²) >= 11 is 0. The number of hydrogen-bond donors (Lipinski definition) is 0. The molecule has 1 aromatic carbocycles. The van der Waals surface area contributed by atoms with Crippen molar-refractivity contribution < 1.29 is 23.8 Å². The number of para-hydroxylation sites is 1. The molecule has 1 saturated carbocycles. The highest BCUT2D eigenvalue weighted by molar-refractivity contribution is 5.83. The van der Waals surface area contributed by atoms with Gasteiger partial charge in [0, 0.05) is 18.1 Å². The van der Waals surface area contributed by atoms with Crippen molar-refractivity contribution >= 4 is 11.9 Å². The number of allylic oxidation sites excluding steroid dienone is 1. The van der Waals surface area contributed by atoms with E-state index in [4.69, 9.17) is 9.47 Å². The van der Waals surface area contributed by atoms with Crippen molar-refractivity contribution in [3.8, 4) is 5.75 Å². The summed E-state index contributed by atoms with van der Waals surface area (Å²) < 4.78 is 16.0. The predicted molar refractivity (Wildman–Crippen MR) is 87.3 cm³/mol. The van der Waals surface area contributed by atoms with Crippen molar-refractivity contribution in [2.45, 2.75) is 26.4 Å². The molecule has 128 valence electrons. The second-order valence-corrected chi connectivity index (χ2v) is 6.81. The molecular weight excluding hydrogens is 308 g/mol. The molecule has 0 aromatic heterocycles. The largest absolute Gasteiger partial charge is 0.493 e. The van der Waals surface area contributed by atoms with Crippen molar-refractivity contribution in [1.29, 1.82) is 0 Å². The van der Waals surface area contributed by atoms with Crippen molar-refractivity contribution in [1.82, 2.24) is 0 Å². The van der Waals surface area contributed by atoms with E-state index in [2.05, 4.69) is 4.74 Å². The second kappa shape index (κ2) is 6.30. The third-order valence-electron chi connectivity index (χ3n) is 4.97. The Labute approximate surface area is 141 Å². The number of esters is 2. The van der Waals surface area contributed by atoms with Crippen molar-refractivity contribution in [2.75, 3.05) is 13.7 Å². The highest BCUT2D eigenvalue weighted by Gasteiger charge is 2.61. The second-order valence-electron chi connectivity index (χ2n) is 6.81. The zero-order valence-electron chi connectivity index (χ0n) is 14.2. The first-order valence-electron chi connectivity index (χ1n) is 8.13. The monoisotopic (exact) mass is 330 g/mol. The van der Waals surface area contributed by atoms with Gasteiger partial charge in [0.25, 0.3) is 0 Å². The molecule has 1 aromatic rings.